The summed E-state index contributed by atoms with van der Waals surface area (Å²) in [6, 6.07) is -0.794. The molecular weight excluding hydrogens is 214 g/mol. The van der Waals surface area contributed by atoms with E-state index < -0.39 is 23.5 Å². The number of H-pyrrole nitrogens is 1. The molecular formula is C9H13N3O4. The number of aromatic nitrogens is 2. The zero-order valence-corrected chi connectivity index (χ0v) is 9.23. The van der Waals surface area contributed by atoms with E-state index in [1.807, 2.05) is 0 Å². The third-order valence-corrected chi connectivity index (χ3v) is 2.08. The summed E-state index contributed by atoms with van der Waals surface area (Å²) in [6.45, 7) is 1.47. The van der Waals surface area contributed by atoms with E-state index in [9.17, 15) is 14.4 Å². The molecule has 7 nitrogen and oxygen atoms in total. The first kappa shape index (κ1) is 12.0. The summed E-state index contributed by atoms with van der Waals surface area (Å²) < 4.78 is 5.60. The van der Waals surface area contributed by atoms with Crippen LogP contribution >= 0.6 is 0 Å². The third-order valence-electron chi connectivity index (χ3n) is 2.08. The SMILES string of the molecule is COC(=O)[C@H](C)NC(=O)c1c[nH]n(C)c1=O. The maximum absolute atomic E-state index is 11.6. The number of aryl methyl sites for hydroxylation is 1. The molecule has 1 amide bonds. The average Bonchev–Trinajstić information content (AvgIpc) is 2.58. The number of nitrogens with zero attached hydrogens (tertiary/aromatic N) is 1. The van der Waals surface area contributed by atoms with Gasteiger partial charge < -0.3 is 15.2 Å². The van der Waals surface area contributed by atoms with Crippen LogP contribution in [0.1, 0.15) is 17.3 Å². The van der Waals surface area contributed by atoms with Gasteiger partial charge in [-0.25, -0.2) is 4.79 Å². The number of ether oxygens (including phenoxy) is 1. The molecule has 1 aromatic heterocycles. The van der Waals surface area contributed by atoms with E-state index in [2.05, 4.69) is 15.2 Å². The van der Waals surface area contributed by atoms with Crippen LogP contribution < -0.4 is 10.9 Å². The lowest BCUT2D eigenvalue weighted by Gasteiger charge is -2.09. The van der Waals surface area contributed by atoms with Crippen molar-refractivity contribution in [2.24, 2.45) is 7.05 Å². The molecule has 7 heteroatoms. The molecule has 1 rings (SSSR count). The number of carbonyl (C=O) groups excluding carboxylic acids is 2. The van der Waals surface area contributed by atoms with E-state index in [0.717, 1.165) is 4.68 Å². The average molecular weight is 227 g/mol. The molecule has 88 valence electrons. The largest absolute Gasteiger partial charge is 0.467 e. The number of amides is 1. The van der Waals surface area contributed by atoms with Crippen molar-refractivity contribution in [3.63, 3.8) is 0 Å². The van der Waals surface area contributed by atoms with E-state index in [-0.39, 0.29) is 5.56 Å². The molecule has 0 bridgehead atoms. The minimum atomic E-state index is -0.794. The summed E-state index contributed by atoms with van der Waals surface area (Å²) in [5, 5.41) is 4.92. The summed E-state index contributed by atoms with van der Waals surface area (Å²) >= 11 is 0. The summed E-state index contributed by atoms with van der Waals surface area (Å²) in [7, 11) is 2.71. The van der Waals surface area contributed by atoms with Gasteiger partial charge in [-0.3, -0.25) is 14.3 Å². The van der Waals surface area contributed by atoms with E-state index in [0.29, 0.717) is 0 Å². The Morgan fingerprint density at radius 2 is 2.19 bits per heavy atom. The minimum absolute atomic E-state index is 0.0433. The molecule has 0 saturated carbocycles. The van der Waals surface area contributed by atoms with Crippen LogP contribution in [-0.2, 0) is 16.6 Å². The topological polar surface area (TPSA) is 93.2 Å². The monoisotopic (exact) mass is 227 g/mol. The number of rotatable bonds is 3. The fourth-order valence-electron chi connectivity index (χ4n) is 1.14. The Balaban J connectivity index is 2.77. The Kier molecular flexibility index (Phi) is 3.49. The molecule has 0 aromatic carbocycles. The zero-order chi connectivity index (χ0) is 12.3. The van der Waals surface area contributed by atoms with E-state index in [1.165, 1.54) is 27.3 Å². The van der Waals surface area contributed by atoms with E-state index >= 15 is 0 Å². The summed E-state index contributed by atoms with van der Waals surface area (Å²) in [5.74, 6) is -1.18. The maximum Gasteiger partial charge on any atom is 0.328 e. The normalized spacial score (nSPS) is 11.9. The van der Waals surface area contributed by atoms with Gasteiger partial charge in [0.25, 0.3) is 11.5 Å². The fourth-order valence-corrected chi connectivity index (χ4v) is 1.14. The Labute approximate surface area is 91.4 Å². The second kappa shape index (κ2) is 4.65. The van der Waals surface area contributed by atoms with Gasteiger partial charge in [-0.05, 0) is 6.92 Å². The van der Waals surface area contributed by atoms with E-state index in [4.69, 9.17) is 0 Å². The molecule has 0 unspecified atom stereocenters. The molecule has 0 fully saturated rings. The van der Waals surface area contributed by atoms with Gasteiger partial charge in [0.05, 0.1) is 7.11 Å². The van der Waals surface area contributed by atoms with Crippen molar-refractivity contribution in [3.8, 4) is 0 Å². The maximum atomic E-state index is 11.6. The van der Waals surface area contributed by atoms with Gasteiger partial charge in [-0.2, -0.15) is 0 Å². The fraction of sp³-hybridized carbons (Fsp3) is 0.444. The summed E-state index contributed by atoms with van der Waals surface area (Å²) in [6.07, 6.45) is 1.28. The van der Waals surface area contributed by atoms with Crippen LogP contribution in [-0.4, -0.2) is 34.8 Å². The van der Waals surface area contributed by atoms with Gasteiger partial charge in [0, 0.05) is 13.2 Å². The lowest BCUT2D eigenvalue weighted by molar-refractivity contribution is -0.142. The molecule has 1 atom stereocenters. The second-order valence-electron chi connectivity index (χ2n) is 3.27. The molecule has 0 saturated heterocycles. The standard InChI is InChI=1S/C9H13N3O4/c1-5(9(15)16-3)11-7(13)6-4-10-12(2)8(6)14/h4-5,10H,1-3H3,(H,11,13)/t5-/m0/s1. The number of nitrogens with one attached hydrogen (secondary N) is 2. The first-order valence-corrected chi connectivity index (χ1v) is 4.60. The predicted octanol–water partition coefficient (Wildman–Crippen LogP) is -0.995. The Hall–Kier alpha value is -2.05. The Morgan fingerprint density at radius 1 is 1.56 bits per heavy atom. The third kappa shape index (κ3) is 2.30. The van der Waals surface area contributed by atoms with Crippen molar-refractivity contribution in [1.29, 1.82) is 0 Å². The first-order chi connectivity index (χ1) is 7.47. The summed E-state index contributed by atoms with van der Waals surface area (Å²) in [4.78, 5) is 34.0. The molecule has 0 aliphatic rings. The lowest BCUT2D eigenvalue weighted by atomic mass is 10.3. The van der Waals surface area contributed by atoms with Gasteiger partial charge in [0.1, 0.15) is 11.6 Å². The van der Waals surface area contributed by atoms with Crippen molar-refractivity contribution in [3.05, 3.63) is 22.1 Å². The van der Waals surface area contributed by atoms with Gasteiger partial charge in [0.15, 0.2) is 0 Å². The number of methoxy groups -OCH3 is 1. The van der Waals surface area contributed by atoms with Crippen molar-refractivity contribution in [2.45, 2.75) is 13.0 Å². The highest BCUT2D eigenvalue weighted by molar-refractivity contribution is 5.96. The highest BCUT2D eigenvalue weighted by Gasteiger charge is 2.19. The highest BCUT2D eigenvalue weighted by atomic mass is 16.5. The predicted molar refractivity (Wildman–Crippen MR) is 55.0 cm³/mol. The van der Waals surface area contributed by atoms with Crippen molar-refractivity contribution < 1.29 is 14.3 Å². The minimum Gasteiger partial charge on any atom is -0.467 e. The van der Waals surface area contributed by atoms with Gasteiger partial charge in [-0.15, -0.1) is 0 Å². The molecule has 0 aliphatic carbocycles. The molecule has 0 spiro atoms. The van der Waals surface area contributed by atoms with Crippen LogP contribution in [0.2, 0.25) is 0 Å². The van der Waals surface area contributed by atoms with Crippen molar-refractivity contribution in [1.82, 2.24) is 15.1 Å². The number of esters is 1. The van der Waals surface area contributed by atoms with Crippen LogP contribution in [0.25, 0.3) is 0 Å². The zero-order valence-electron chi connectivity index (χ0n) is 9.23. The summed E-state index contributed by atoms with van der Waals surface area (Å²) in [5.41, 5.74) is -0.493. The van der Waals surface area contributed by atoms with Crippen molar-refractivity contribution in [2.75, 3.05) is 7.11 Å². The first-order valence-electron chi connectivity index (χ1n) is 4.60. The molecule has 0 aliphatic heterocycles. The van der Waals surface area contributed by atoms with Crippen LogP contribution in [0.15, 0.2) is 11.0 Å². The number of hydrogen-bond acceptors (Lipinski definition) is 4. The lowest BCUT2D eigenvalue weighted by Crippen LogP contribution is -2.40. The molecule has 16 heavy (non-hydrogen) atoms. The second-order valence-corrected chi connectivity index (χ2v) is 3.27. The Bertz CT molecular complexity index is 460. The number of hydrogen-bond donors (Lipinski definition) is 2. The van der Waals surface area contributed by atoms with Crippen molar-refractivity contribution >= 4 is 11.9 Å². The molecule has 2 N–H and O–H groups in total. The van der Waals surface area contributed by atoms with Gasteiger partial charge >= 0.3 is 5.97 Å². The molecule has 1 aromatic rings. The van der Waals surface area contributed by atoms with E-state index in [1.54, 1.807) is 0 Å². The molecule has 0 radical (unpaired) electrons. The number of carbonyl (C=O) groups is 2. The number of aromatic amines is 1. The highest BCUT2D eigenvalue weighted by Crippen LogP contribution is 1.92. The smallest absolute Gasteiger partial charge is 0.328 e. The van der Waals surface area contributed by atoms with Gasteiger partial charge in [0.2, 0.25) is 0 Å². The van der Waals surface area contributed by atoms with Crippen LogP contribution in [0.4, 0.5) is 0 Å². The van der Waals surface area contributed by atoms with Crippen LogP contribution in [0.3, 0.4) is 0 Å². The van der Waals surface area contributed by atoms with Gasteiger partial charge in [-0.1, -0.05) is 0 Å². The van der Waals surface area contributed by atoms with Crippen LogP contribution in [0, 0.1) is 0 Å². The van der Waals surface area contributed by atoms with Crippen LogP contribution in [0.5, 0.6) is 0 Å². The Morgan fingerprint density at radius 3 is 2.62 bits per heavy atom. The molecule has 1 heterocycles. The quantitative estimate of drug-likeness (QED) is 0.648.